The molecular formula is C25H27NO3. The number of fused-ring (bicyclic) bond motifs is 1. The van der Waals surface area contributed by atoms with Gasteiger partial charge in [0.2, 0.25) is 0 Å². The minimum Gasteiger partial charge on any atom is -0.496 e. The van der Waals surface area contributed by atoms with Crippen LogP contribution in [-0.2, 0) is 11.3 Å². The first-order valence-electron chi connectivity index (χ1n) is 10.1. The van der Waals surface area contributed by atoms with Crippen LogP contribution in [-0.4, -0.2) is 31.4 Å². The summed E-state index contributed by atoms with van der Waals surface area (Å²) in [6.45, 7) is 0.708. The lowest BCUT2D eigenvalue weighted by atomic mass is 9.89. The molecule has 1 aliphatic rings. The highest BCUT2D eigenvalue weighted by Crippen LogP contribution is 2.43. The summed E-state index contributed by atoms with van der Waals surface area (Å²) in [5.74, 6) is 1.62. The molecule has 150 valence electrons. The van der Waals surface area contributed by atoms with Crippen molar-refractivity contribution >= 4 is 17.1 Å². The first-order chi connectivity index (χ1) is 14.2. The quantitative estimate of drug-likeness (QED) is 0.547. The lowest BCUT2D eigenvalue weighted by Gasteiger charge is -2.41. The van der Waals surface area contributed by atoms with Gasteiger partial charge in [0.15, 0.2) is 0 Å². The highest BCUT2D eigenvalue weighted by molar-refractivity contribution is 5.83. The molecule has 3 aromatic carbocycles. The number of rotatable bonds is 6. The minimum absolute atomic E-state index is 0.0662. The Kier molecular flexibility index (Phi) is 5.81. The average Bonchev–Trinajstić information content (AvgIpc) is 2.78. The molecule has 3 aromatic rings. The van der Waals surface area contributed by atoms with Crippen LogP contribution in [0, 0.1) is 0 Å². The number of ether oxygens (including phenoxy) is 2. The summed E-state index contributed by atoms with van der Waals surface area (Å²) in [5.41, 5.74) is 2.24. The predicted octanol–water partition coefficient (Wildman–Crippen LogP) is 5.15. The largest absolute Gasteiger partial charge is 0.496 e. The number of likely N-dealkylation sites (tertiary alicyclic amines) is 1. The van der Waals surface area contributed by atoms with Gasteiger partial charge in [-0.15, -0.1) is 0 Å². The molecule has 0 aliphatic carbocycles. The van der Waals surface area contributed by atoms with Crippen molar-refractivity contribution in [2.75, 3.05) is 14.2 Å². The maximum Gasteiger partial charge on any atom is 0.137 e. The highest BCUT2D eigenvalue weighted by Gasteiger charge is 2.34. The van der Waals surface area contributed by atoms with Gasteiger partial charge in [-0.05, 0) is 53.8 Å². The fourth-order valence-corrected chi connectivity index (χ4v) is 4.52. The number of piperidine rings is 1. The van der Waals surface area contributed by atoms with Crippen molar-refractivity contribution in [1.82, 2.24) is 4.90 Å². The van der Waals surface area contributed by atoms with Crippen LogP contribution >= 0.6 is 0 Å². The molecule has 2 unspecified atom stereocenters. The summed E-state index contributed by atoms with van der Waals surface area (Å²) in [7, 11) is 3.37. The molecule has 1 saturated heterocycles. The molecule has 0 N–H and O–H groups in total. The van der Waals surface area contributed by atoms with Crippen molar-refractivity contribution in [2.45, 2.75) is 37.9 Å². The van der Waals surface area contributed by atoms with Gasteiger partial charge in [0.05, 0.1) is 25.8 Å². The number of hydrogen-bond acceptors (Lipinski definition) is 4. The summed E-state index contributed by atoms with van der Waals surface area (Å²) in [6, 6.07) is 20.7. The van der Waals surface area contributed by atoms with E-state index in [4.69, 9.17) is 9.47 Å². The van der Waals surface area contributed by atoms with Gasteiger partial charge in [-0.3, -0.25) is 4.90 Å². The second-order valence-electron chi connectivity index (χ2n) is 7.58. The van der Waals surface area contributed by atoms with Gasteiger partial charge in [0.25, 0.3) is 0 Å². The lowest BCUT2D eigenvalue weighted by Crippen LogP contribution is -2.42. The molecule has 4 nitrogen and oxygen atoms in total. The van der Waals surface area contributed by atoms with Crippen molar-refractivity contribution in [2.24, 2.45) is 0 Å². The zero-order valence-corrected chi connectivity index (χ0v) is 17.0. The molecule has 0 amide bonds. The maximum absolute atomic E-state index is 12.0. The molecule has 0 radical (unpaired) electrons. The Labute approximate surface area is 172 Å². The Morgan fingerprint density at radius 2 is 1.66 bits per heavy atom. The zero-order valence-electron chi connectivity index (χ0n) is 17.0. The summed E-state index contributed by atoms with van der Waals surface area (Å²) in [6.07, 6.45) is 3.94. The van der Waals surface area contributed by atoms with Crippen LogP contribution in [0.5, 0.6) is 11.5 Å². The predicted molar refractivity (Wildman–Crippen MR) is 115 cm³/mol. The normalized spacial score (nSPS) is 19.8. The van der Waals surface area contributed by atoms with E-state index in [0.29, 0.717) is 6.54 Å². The highest BCUT2D eigenvalue weighted by atomic mass is 16.5. The molecule has 0 bridgehead atoms. The standard InChI is InChI=1S/C25H27NO3/c1-28-23-11-6-12-24(29-2)25(23)22-10-5-9-21(17-27)26(22)16-18-13-14-19-7-3-4-8-20(19)15-18/h3-4,6-8,11-15,17,21-22H,5,9-10,16H2,1-2H3. The first kappa shape index (κ1) is 19.5. The number of methoxy groups -OCH3 is 2. The fourth-order valence-electron chi connectivity index (χ4n) is 4.52. The Morgan fingerprint density at radius 3 is 2.34 bits per heavy atom. The summed E-state index contributed by atoms with van der Waals surface area (Å²) in [4.78, 5) is 14.3. The van der Waals surface area contributed by atoms with Crippen molar-refractivity contribution < 1.29 is 14.3 Å². The molecule has 29 heavy (non-hydrogen) atoms. The van der Waals surface area contributed by atoms with E-state index in [1.54, 1.807) is 14.2 Å². The van der Waals surface area contributed by atoms with E-state index in [0.717, 1.165) is 42.6 Å². The Morgan fingerprint density at radius 1 is 0.931 bits per heavy atom. The summed E-state index contributed by atoms with van der Waals surface area (Å²) in [5, 5.41) is 2.45. The molecule has 0 saturated carbocycles. The smallest absolute Gasteiger partial charge is 0.137 e. The van der Waals surface area contributed by atoms with Gasteiger partial charge in [-0.25, -0.2) is 0 Å². The monoisotopic (exact) mass is 389 g/mol. The van der Waals surface area contributed by atoms with Gasteiger partial charge in [0, 0.05) is 12.6 Å². The first-order valence-corrected chi connectivity index (χ1v) is 10.1. The van der Waals surface area contributed by atoms with E-state index < -0.39 is 0 Å². The summed E-state index contributed by atoms with van der Waals surface area (Å²) < 4.78 is 11.3. The van der Waals surface area contributed by atoms with E-state index in [-0.39, 0.29) is 12.1 Å². The second kappa shape index (κ2) is 8.66. The third-order valence-electron chi connectivity index (χ3n) is 5.94. The third kappa shape index (κ3) is 3.85. The number of hydrogen-bond donors (Lipinski definition) is 0. The minimum atomic E-state index is -0.116. The van der Waals surface area contributed by atoms with Crippen LogP contribution in [0.15, 0.2) is 60.7 Å². The molecule has 2 atom stereocenters. The Hall–Kier alpha value is -2.85. The molecular weight excluding hydrogens is 362 g/mol. The zero-order chi connectivity index (χ0) is 20.2. The van der Waals surface area contributed by atoms with Gasteiger partial charge < -0.3 is 14.3 Å². The number of aldehydes is 1. The van der Waals surface area contributed by atoms with E-state index in [1.165, 1.54) is 16.3 Å². The third-order valence-corrected chi connectivity index (χ3v) is 5.94. The van der Waals surface area contributed by atoms with Crippen molar-refractivity contribution in [3.05, 3.63) is 71.8 Å². The Balaban J connectivity index is 1.74. The summed E-state index contributed by atoms with van der Waals surface area (Å²) >= 11 is 0. The van der Waals surface area contributed by atoms with E-state index in [2.05, 4.69) is 47.4 Å². The SMILES string of the molecule is COc1cccc(OC)c1C1CCCC(C=O)N1Cc1ccc2ccccc2c1. The molecule has 0 spiro atoms. The van der Waals surface area contributed by atoms with Crippen LogP contribution in [0.25, 0.3) is 10.8 Å². The second-order valence-corrected chi connectivity index (χ2v) is 7.58. The Bertz CT molecular complexity index is 978. The van der Waals surface area contributed by atoms with Crippen molar-refractivity contribution in [1.29, 1.82) is 0 Å². The van der Waals surface area contributed by atoms with Gasteiger partial charge >= 0.3 is 0 Å². The van der Waals surface area contributed by atoms with Crippen LogP contribution < -0.4 is 9.47 Å². The number of carbonyl (C=O) groups is 1. The molecule has 1 aliphatic heterocycles. The van der Waals surface area contributed by atoms with E-state index in [9.17, 15) is 4.79 Å². The van der Waals surface area contributed by atoms with E-state index in [1.807, 2.05) is 18.2 Å². The molecule has 4 rings (SSSR count). The van der Waals surface area contributed by atoms with Crippen LogP contribution in [0.4, 0.5) is 0 Å². The van der Waals surface area contributed by atoms with Crippen molar-refractivity contribution in [3.63, 3.8) is 0 Å². The van der Waals surface area contributed by atoms with Crippen LogP contribution in [0.2, 0.25) is 0 Å². The van der Waals surface area contributed by atoms with Gasteiger partial charge in [-0.1, -0.05) is 42.5 Å². The lowest BCUT2D eigenvalue weighted by molar-refractivity contribution is -0.115. The molecule has 1 heterocycles. The molecule has 1 fully saturated rings. The maximum atomic E-state index is 12.0. The molecule has 0 aromatic heterocycles. The molecule has 4 heteroatoms. The van der Waals surface area contributed by atoms with Crippen LogP contribution in [0.3, 0.4) is 0 Å². The average molecular weight is 389 g/mol. The van der Waals surface area contributed by atoms with E-state index >= 15 is 0 Å². The topological polar surface area (TPSA) is 38.8 Å². The number of carbonyl (C=O) groups excluding carboxylic acids is 1. The van der Waals surface area contributed by atoms with Gasteiger partial charge in [-0.2, -0.15) is 0 Å². The van der Waals surface area contributed by atoms with Gasteiger partial charge in [0.1, 0.15) is 17.8 Å². The fraction of sp³-hybridized carbons (Fsp3) is 0.320. The number of nitrogens with zero attached hydrogens (tertiary/aromatic N) is 1. The van der Waals surface area contributed by atoms with Crippen LogP contribution in [0.1, 0.15) is 36.4 Å². The number of benzene rings is 3. The van der Waals surface area contributed by atoms with Crippen molar-refractivity contribution in [3.8, 4) is 11.5 Å².